The number of methoxy groups -OCH3 is 2. The molecule has 2 aromatic rings. The highest BCUT2D eigenvalue weighted by Gasteiger charge is 2.46. The number of benzene rings is 2. The Morgan fingerprint density at radius 2 is 1.38 bits per heavy atom. The van der Waals surface area contributed by atoms with Gasteiger partial charge in [-0.25, -0.2) is 4.79 Å². The van der Waals surface area contributed by atoms with Crippen molar-refractivity contribution in [3.8, 4) is 29.4 Å². The maximum Gasteiger partial charge on any atom is 0.337 e. The van der Waals surface area contributed by atoms with E-state index in [2.05, 4.69) is 28.4 Å². The lowest BCUT2D eigenvalue weighted by Crippen LogP contribution is -2.36. The van der Waals surface area contributed by atoms with Gasteiger partial charge in [-0.2, -0.15) is 0 Å². The van der Waals surface area contributed by atoms with Gasteiger partial charge in [0.05, 0.1) is 14.2 Å². The SMILES string of the molecule is COC(=O)[C@H]1O[C@@H](C#Cc2ccc(C#Cc3ccc(OC)cc3)cc2)[C@@H](O)[C@H]1O. The van der Waals surface area contributed by atoms with Gasteiger partial charge in [0, 0.05) is 16.7 Å². The molecule has 0 aliphatic carbocycles. The molecule has 29 heavy (non-hydrogen) atoms. The molecule has 4 atom stereocenters. The fourth-order valence-corrected chi connectivity index (χ4v) is 2.72. The zero-order chi connectivity index (χ0) is 20.8. The van der Waals surface area contributed by atoms with Gasteiger partial charge in [-0.3, -0.25) is 0 Å². The van der Waals surface area contributed by atoms with E-state index in [4.69, 9.17) is 9.47 Å². The van der Waals surface area contributed by atoms with Crippen molar-refractivity contribution in [1.29, 1.82) is 0 Å². The van der Waals surface area contributed by atoms with Crippen LogP contribution in [0.2, 0.25) is 0 Å². The minimum Gasteiger partial charge on any atom is -0.497 e. The molecule has 2 N–H and O–H groups in total. The molecule has 1 aliphatic heterocycles. The topological polar surface area (TPSA) is 85.2 Å². The van der Waals surface area contributed by atoms with Crippen LogP contribution in [0.3, 0.4) is 0 Å². The van der Waals surface area contributed by atoms with Gasteiger partial charge in [-0.05, 0) is 48.5 Å². The zero-order valence-electron chi connectivity index (χ0n) is 16.0. The van der Waals surface area contributed by atoms with Gasteiger partial charge in [-0.1, -0.05) is 23.7 Å². The smallest absolute Gasteiger partial charge is 0.337 e. The minimum absolute atomic E-state index is 0.687. The standard InChI is InChI=1S/C23H20O6/c1-27-18-12-9-17(10-13-18)8-5-15-3-6-16(7-4-15)11-14-19-20(24)21(25)22(29-19)23(26)28-2/h3-4,6-7,9-10,12-13,19-22,24-25H,1-2H3/t19-,20+,21+,22-/m0/s1. The number of hydrogen-bond acceptors (Lipinski definition) is 6. The molecule has 1 aliphatic rings. The number of rotatable bonds is 2. The summed E-state index contributed by atoms with van der Waals surface area (Å²) < 4.78 is 15.0. The monoisotopic (exact) mass is 392 g/mol. The first-order valence-electron chi connectivity index (χ1n) is 8.89. The largest absolute Gasteiger partial charge is 0.497 e. The molecule has 1 heterocycles. The molecular weight excluding hydrogens is 372 g/mol. The third kappa shape index (κ3) is 4.96. The van der Waals surface area contributed by atoms with Crippen LogP contribution in [-0.2, 0) is 14.3 Å². The van der Waals surface area contributed by atoms with Crippen LogP contribution in [0.15, 0.2) is 48.5 Å². The Morgan fingerprint density at radius 1 is 0.862 bits per heavy atom. The van der Waals surface area contributed by atoms with Crippen molar-refractivity contribution < 1.29 is 29.2 Å². The predicted molar refractivity (Wildman–Crippen MR) is 105 cm³/mol. The quantitative estimate of drug-likeness (QED) is 0.588. The fraction of sp³-hybridized carbons (Fsp3) is 0.261. The lowest BCUT2D eigenvalue weighted by molar-refractivity contribution is -0.156. The normalized spacial score (nSPS) is 22.6. The number of aliphatic hydroxyl groups excluding tert-OH is 2. The Bertz CT molecular complexity index is 973. The highest BCUT2D eigenvalue weighted by molar-refractivity contribution is 5.76. The Morgan fingerprint density at radius 3 is 1.90 bits per heavy atom. The van der Waals surface area contributed by atoms with E-state index >= 15 is 0 Å². The minimum atomic E-state index is -1.38. The van der Waals surface area contributed by atoms with E-state index in [1.54, 1.807) is 19.2 Å². The molecule has 0 saturated carbocycles. The van der Waals surface area contributed by atoms with Crippen molar-refractivity contribution in [2.75, 3.05) is 14.2 Å². The molecule has 6 nitrogen and oxygen atoms in total. The molecule has 0 aromatic heterocycles. The lowest BCUT2D eigenvalue weighted by Gasteiger charge is -2.10. The van der Waals surface area contributed by atoms with Gasteiger partial charge in [0.15, 0.2) is 6.10 Å². The number of carbonyl (C=O) groups is 1. The average molecular weight is 392 g/mol. The molecular formula is C23H20O6. The summed E-state index contributed by atoms with van der Waals surface area (Å²) in [5.41, 5.74) is 2.39. The first-order chi connectivity index (χ1) is 14.0. The first-order valence-corrected chi connectivity index (χ1v) is 8.89. The van der Waals surface area contributed by atoms with E-state index in [1.165, 1.54) is 7.11 Å². The lowest BCUT2D eigenvalue weighted by atomic mass is 10.1. The van der Waals surface area contributed by atoms with Crippen LogP contribution >= 0.6 is 0 Å². The van der Waals surface area contributed by atoms with Gasteiger partial charge in [0.2, 0.25) is 0 Å². The van der Waals surface area contributed by atoms with E-state index in [9.17, 15) is 15.0 Å². The highest BCUT2D eigenvalue weighted by atomic mass is 16.6. The van der Waals surface area contributed by atoms with Crippen molar-refractivity contribution >= 4 is 5.97 Å². The number of ether oxygens (including phenoxy) is 3. The van der Waals surface area contributed by atoms with Crippen LogP contribution in [0.25, 0.3) is 0 Å². The Labute approximate surface area is 169 Å². The van der Waals surface area contributed by atoms with Gasteiger partial charge >= 0.3 is 5.97 Å². The second kappa shape index (κ2) is 9.27. The predicted octanol–water partition coefficient (Wildman–Crippen LogP) is 1.11. The second-order valence-electron chi connectivity index (χ2n) is 6.31. The van der Waals surface area contributed by atoms with Crippen LogP contribution in [-0.4, -0.2) is 54.8 Å². The number of aliphatic hydroxyl groups is 2. The summed E-state index contributed by atoms with van der Waals surface area (Å²) in [6, 6.07) is 14.7. The summed E-state index contributed by atoms with van der Waals surface area (Å²) >= 11 is 0. The van der Waals surface area contributed by atoms with Crippen molar-refractivity contribution in [3.63, 3.8) is 0 Å². The first kappa shape index (κ1) is 20.4. The van der Waals surface area contributed by atoms with E-state index in [-0.39, 0.29) is 0 Å². The second-order valence-corrected chi connectivity index (χ2v) is 6.31. The fourth-order valence-electron chi connectivity index (χ4n) is 2.72. The molecule has 0 radical (unpaired) electrons. The van der Waals surface area contributed by atoms with Gasteiger partial charge < -0.3 is 24.4 Å². The third-order valence-corrected chi connectivity index (χ3v) is 4.38. The molecule has 0 unspecified atom stereocenters. The van der Waals surface area contributed by atoms with E-state index in [1.807, 2.05) is 36.4 Å². The molecule has 0 spiro atoms. The molecule has 2 aromatic carbocycles. The Balaban J connectivity index is 1.66. The summed E-state index contributed by atoms with van der Waals surface area (Å²) in [5.74, 6) is 11.8. The van der Waals surface area contributed by atoms with Gasteiger partial charge in [0.1, 0.15) is 24.1 Å². The van der Waals surface area contributed by atoms with E-state index < -0.39 is 30.4 Å². The average Bonchev–Trinajstić information content (AvgIpc) is 3.05. The molecule has 6 heteroatoms. The number of esters is 1. The summed E-state index contributed by atoms with van der Waals surface area (Å²) in [6.45, 7) is 0. The van der Waals surface area contributed by atoms with Crippen LogP contribution in [0.4, 0.5) is 0 Å². The number of hydrogen-bond donors (Lipinski definition) is 2. The third-order valence-electron chi connectivity index (χ3n) is 4.38. The van der Waals surface area contributed by atoms with Crippen molar-refractivity contribution in [2.24, 2.45) is 0 Å². The van der Waals surface area contributed by atoms with Crippen LogP contribution < -0.4 is 4.74 Å². The van der Waals surface area contributed by atoms with E-state index in [0.29, 0.717) is 5.56 Å². The van der Waals surface area contributed by atoms with Crippen molar-refractivity contribution in [3.05, 3.63) is 65.2 Å². The highest BCUT2D eigenvalue weighted by Crippen LogP contribution is 2.22. The molecule has 0 bridgehead atoms. The Hall–Kier alpha value is -3.29. The maximum absolute atomic E-state index is 11.5. The molecule has 148 valence electrons. The molecule has 1 saturated heterocycles. The number of carbonyl (C=O) groups excluding carboxylic acids is 1. The van der Waals surface area contributed by atoms with Crippen molar-refractivity contribution in [2.45, 2.75) is 24.4 Å². The summed E-state index contributed by atoms with van der Waals surface area (Å²) in [5, 5.41) is 19.9. The Kier molecular flexibility index (Phi) is 6.54. The summed E-state index contributed by atoms with van der Waals surface area (Å²) in [4.78, 5) is 11.5. The zero-order valence-corrected chi connectivity index (χ0v) is 16.0. The van der Waals surface area contributed by atoms with Crippen molar-refractivity contribution in [1.82, 2.24) is 0 Å². The van der Waals surface area contributed by atoms with Crippen LogP contribution in [0.1, 0.15) is 16.7 Å². The summed E-state index contributed by atoms with van der Waals surface area (Å²) in [7, 11) is 2.80. The van der Waals surface area contributed by atoms with Gasteiger partial charge in [-0.15, -0.1) is 0 Å². The molecule has 0 amide bonds. The van der Waals surface area contributed by atoms with Crippen LogP contribution in [0.5, 0.6) is 5.75 Å². The van der Waals surface area contributed by atoms with Gasteiger partial charge in [0.25, 0.3) is 0 Å². The molecule has 1 fully saturated rings. The molecule has 3 rings (SSSR count). The van der Waals surface area contributed by atoms with E-state index in [0.717, 1.165) is 16.9 Å². The van der Waals surface area contributed by atoms with Crippen LogP contribution in [0, 0.1) is 23.7 Å². The maximum atomic E-state index is 11.5. The summed E-state index contributed by atoms with van der Waals surface area (Å²) in [6.07, 6.45) is -4.90.